The first-order valence-electron chi connectivity index (χ1n) is 7.88. The van der Waals surface area contributed by atoms with Crippen molar-refractivity contribution in [2.45, 2.75) is 19.8 Å². The maximum Gasteiger partial charge on any atom is 0.253 e. The molecule has 0 unspecified atom stereocenters. The molecule has 2 aromatic heterocycles. The van der Waals surface area contributed by atoms with E-state index in [9.17, 15) is 4.79 Å². The van der Waals surface area contributed by atoms with E-state index in [4.69, 9.17) is 23.2 Å². The molecule has 0 bridgehead atoms. The number of aryl methyl sites for hydroxylation is 2. The topological polar surface area (TPSA) is 46.9 Å². The molecule has 0 atom stereocenters. The molecular formula is C18H17Cl2N3OS. The number of benzene rings is 1. The lowest BCUT2D eigenvalue weighted by molar-refractivity contribution is 0.0954. The molecule has 0 aliphatic carbocycles. The lowest BCUT2D eigenvalue weighted by Crippen LogP contribution is -2.24. The van der Waals surface area contributed by atoms with E-state index in [0.717, 1.165) is 24.2 Å². The predicted octanol–water partition coefficient (Wildman–Crippen LogP) is 4.91. The Morgan fingerprint density at radius 1 is 1.28 bits per heavy atom. The Hall–Kier alpha value is -1.82. The summed E-state index contributed by atoms with van der Waals surface area (Å²) >= 11 is 13.1. The van der Waals surface area contributed by atoms with E-state index in [0.29, 0.717) is 20.8 Å². The molecule has 7 heteroatoms. The van der Waals surface area contributed by atoms with Crippen LogP contribution in [-0.2, 0) is 6.42 Å². The van der Waals surface area contributed by atoms with Crippen LogP contribution in [0.1, 0.15) is 28.0 Å². The largest absolute Gasteiger partial charge is 0.352 e. The van der Waals surface area contributed by atoms with Crippen LogP contribution in [0, 0.1) is 6.92 Å². The van der Waals surface area contributed by atoms with E-state index < -0.39 is 0 Å². The van der Waals surface area contributed by atoms with Crippen LogP contribution < -0.4 is 5.32 Å². The third kappa shape index (κ3) is 4.42. The summed E-state index contributed by atoms with van der Waals surface area (Å²) in [6, 6.07) is 11.6. The zero-order valence-corrected chi connectivity index (χ0v) is 16.0. The van der Waals surface area contributed by atoms with E-state index in [1.807, 2.05) is 48.1 Å². The number of carbonyl (C=O) groups excluding carboxylic acids is 1. The minimum atomic E-state index is -0.190. The van der Waals surface area contributed by atoms with Crippen molar-refractivity contribution in [2.75, 3.05) is 6.54 Å². The van der Waals surface area contributed by atoms with Crippen molar-refractivity contribution < 1.29 is 4.79 Å². The average molecular weight is 394 g/mol. The molecule has 1 aromatic carbocycles. The molecule has 1 amide bonds. The molecule has 0 radical (unpaired) electrons. The van der Waals surface area contributed by atoms with E-state index in [2.05, 4.69) is 10.4 Å². The SMILES string of the molecule is Cc1nn(-c2ccccc2)cc1CCCNC(=O)c1cc(Cl)sc1Cl. The van der Waals surface area contributed by atoms with E-state index in [1.54, 1.807) is 6.07 Å². The van der Waals surface area contributed by atoms with Gasteiger partial charge in [-0.05, 0) is 43.5 Å². The predicted molar refractivity (Wildman–Crippen MR) is 103 cm³/mol. The first kappa shape index (κ1) is 18.0. The van der Waals surface area contributed by atoms with Crippen LogP contribution in [0.15, 0.2) is 42.6 Å². The molecule has 2 heterocycles. The van der Waals surface area contributed by atoms with Gasteiger partial charge < -0.3 is 5.32 Å². The van der Waals surface area contributed by atoms with Crippen molar-refractivity contribution >= 4 is 40.4 Å². The Morgan fingerprint density at radius 3 is 2.72 bits per heavy atom. The van der Waals surface area contributed by atoms with Gasteiger partial charge in [0.15, 0.2) is 0 Å². The third-order valence-electron chi connectivity index (χ3n) is 3.83. The molecule has 4 nitrogen and oxygen atoms in total. The Balaban J connectivity index is 1.53. The van der Waals surface area contributed by atoms with E-state index >= 15 is 0 Å². The summed E-state index contributed by atoms with van der Waals surface area (Å²) in [5.41, 5.74) is 3.65. The van der Waals surface area contributed by atoms with Gasteiger partial charge in [0.05, 0.1) is 21.3 Å². The average Bonchev–Trinajstić information content (AvgIpc) is 3.14. The lowest BCUT2D eigenvalue weighted by Gasteiger charge is -2.04. The summed E-state index contributed by atoms with van der Waals surface area (Å²) in [4.78, 5) is 12.1. The maximum absolute atomic E-state index is 12.1. The van der Waals surface area contributed by atoms with Crippen molar-refractivity contribution in [1.82, 2.24) is 15.1 Å². The van der Waals surface area contributed by atoms with Gasteiger partial charge in [-0.1, -0.05) is 41.4 Å². The smallest absolute Gasteiger partial charge is 0.253 e. The molecule has 0 spiro atoms. The molecule has 3 rings (SSSR count). The quantitative estimate of drug-likeness (QED) is 0.604. The standard InChI is InChI=1S/C18H17Cl2N3OS/c1-12-13(11-23(22-12)14-7-3-2-4-8-14)6-5-9-21-18(24)15-10-16(19)25-17(15)20/h2-4,7-8,10-11H,5-6,9H2,1H3,(H,21,24). The van der Waals surface area contributed by atoms with Crippen LogP contribution in [0.2, 0.25) is 8.67 Å². The highest BCUT2D eigenvalue weighted by molar-refractivity contribution is 7.20. The van der Waals surface area contributed by atoms with Crippen LogP contribution in [0.3, 0.4) is 0 Å². The number of nitrogens with zero attached hydrogens (tertiary/aromatic N) is 2. The minimum absolute atomic E-state index is 0.190. The van der Waals surface area contributed by atoms with Crippen molar-refractivity contribution in [3.05, 3.63) is 68.1 Å². The van der Waals surface area contributed by atoms with Gasteiger partial charge in [0.2, 0.25) is 0 Å². The third-order valence-corrected chi connectivity index (χ3v) is 5.32. The van der Waals surface area contributed by atoms with Gasteiger partial charge in [-0.2, -0.15) is 5.10 Å². The van der Waals surface area contributed by atoms with Gasteiger partial charge in [0, 0.05) is 12.7 Å². The van der Waals surface area contributed by atoms with Gasteiger partial charge in [-0.25, -0.2) is 4.68 Å². The number of nitrogens with one attached hydrogen (secondary N) is 1. The van der Waals surface area contributed by atoms with Crippen LogP contribution in [0.5, 0.6) is 0 Å². The second-order valence-corrected chi connectivity index (χ2v) is 7.90. The minimum Gasteiger partial charge on any atom is -0.352 e. The highest BCUT2D eigenvalue weighted by Gasteiger charge is 2.13. The zero-order chi connectivity index (χ0) is 17.8. The summed E-state index contributed by atoms with van der Waals surface area (Å²) < 4.78 is 2.82. The molecule has 0 saturated carbocycles. The first-order chi connectivity index (χ1) is 12.0. The molecular weight excluding hydrogens is 377 g/mol. The number of thiophene rings is 1. The molecule has 1 N–H and O–H groups in total. The van der Waals surface area contributed by atoms with Crippen molar-refractivity contribution in [3.63, 3.8) is 0 Å². The molecule has 3 aromatic rings. The second-order valence-electron chi connectivity index (χ2n) is 5.62. The summed E-state index contributed by atoms with van der Waals surface area (Å²) in [5.74, 6) is -0.190. The van der Waals surface area contributed by atoms with Crippen LogP contribution in [0.25, 0.3) is 5.69 Å². The number of amides is 1. The highest BCUT2D eigenvalue weighted by atomic mass is 35.5. The van der Waals surface area contributed by atoms with Crippen LogP contribution in [-0.4, -0.2) is 22.2 Å². The number of hydrogen-bond acceptors (Lipinski definition) is 3. The molecule has 0 aliphatic heterocycles. The fourth-order valence-electron chi connectivity index (χ4n) is 2.53. The first-order valence-corrected chi connectivity index (χ1v) is 9.45. The molecule has 0 saturated heterocycles. The fourth-order valence-corrected chi connectivity index (χ4v) is 3.98. The lowest BCUT2D eigenvalue weighted by atomic mass is 10.1. The Morgan fingerprint density at radius 2 is 2.04 bits per heavy atom. The fraction of sp³-hybridized carbons (Fsp3) is 0.222. The summed E-state index contributed by atoms with van der Waals surface area (Å²) in [6.45, 7) is 2.57. The Labute approximate surface area is 160 Å². The number of carbonyl (C=O) groups is 1. The Kier molecular flexibility index (Phi) is 5.78. The number of aromatic nitrogens is 2. The molecule has 0 aliphatic rings. The summed E-state index contributed by atoms with van der Waals surface area (Å²) in [7, 11) is 0. The van der Waals surface area contributed by atoms with E-state index in [1.165, 1.54) is 16.9 Å². The van der Waals surface area contributed by atoms with E-state index in [-0.39, 0.29) is 5.91 Å². The van der Waals surface area contributed by atoms with Crippen LogP contribution >= 0.6 is 34.5 Å². The number of para-hydroxylation sites is 1. The van der Waals surface area contributed by atoms with Gasteiger partial charge in [-0.15, -0.1) is 11.3 Å². The van der Waals surface area contributed by atoms with Gasteiger partial charge in [0.1, 0.15) is 4.34 Å². The van der Waals surface area contributed by atoms with Crippen molar-refractivity contribution in [3.8, 4) is 5.69 Å². The summed E-state index contributed by atoms with van der Waals surface area (Å²) in [5, 5.41) is 7.43. The van der Waals surface area contributed by atoms with Crippen molar-refractivity contribution in [2.24, 2.45) is 0 Å². The summed E-state index contributed by atoms with van der Waals surface area (Å²) in [6.07, 6.45) is 3.71. The Bertz CT molecular complexity index is 874. The second kappa shape index (κ2) is 8.04. The highest BCUT2D eigenvalue weighted by Crippen LogP contribution is 2.30. The zero-order valence-electron chi connectivity index (χ0n) is 13.6. The molecule has 130 valence electrons. The van der Waals surface area contributed by atoms with Crippen molar-refractivity contribution in [1.29, 1.82) is 0 Å². The molecule has 25 heavy (non-hydrogen) atoms. The van der Waals surface area contributed by atoms with Gasteiger partial charge >= 0.3 is 0 Å². The normalized spacial score (nSPS) is 10.8. The van der Waals surface area contributed by atoms with Gasteiger partial charge in [-0.3, -0.25) is 4.79 Å². The molecule has 0 fully saturated rings. The number of hydrogen-bond donors (Lipinski definition) is 1. The number of halogens is 2. The maximum atomic E-state index is 12.1. The van der Waals surface area contributed by atoms with Crippen LogP contribution in [0.4, 0.5) is 0 Å². The monoisotopic (exact) mass is 393 g/mol. The number of rotatable bonds is 6. The van der Waals surface area contributed by atoms with Gasteiger partial charge in [0.25, 0.3) is 5.91 Å².